The van der Waals surface area contributed by atoms with Crippen molar-refractivity contribution in [3.05, 3.63) is 46.8 Å². The first-order chi connectivity index (χ1) is 14.0. The molecule has 9 nitrogen and oxygen atoms in total. The number of aromatic nitrogens is 1. The van der Waals surface area contributed by atoms with Crippen molar-refractivity contribution in [2.45, 2.75) is 26.6 Å². The predicted octanol–water partition coefficient (Wildman–Crippen LogP) is 2.42. The molecule has 0 saturated heterocycles. The summed E-state index contributed by atoms with van der Waals surface area (Å²) in [4.78, 5) is 34.7. The van der Waals surface area contributed by atoms with Crippen LogP contribution in [-0.4, -0.2) is 42.4 Å². The first kappa shape index (κ1) is 22.7. The van der Waals surface area contributed by atoms with Gasteiger partial charge in [-0.1, -0.05) is 11.2 Å². The van der Waals surface area contributed by atoms with Crippen LogP contribution in [0, 0.1) is 13.8 Å². The second-order valence-corrected chi connectivity index (χ2v) is 6.04. The Balaban J connectivity index is 1.83. The van der Waals surface area contributed by atoms with Gasteiger partial charge in [0.15, 0.2) is 6.61 Å². The summed E-state index contributed by atoms with van der Waals surface area (Å²) in [6.07, 6.45) is -4.62. The summed E-state index contributed by atoms with van der Waals surface area (Å²) in [5, 5.41) is 6.87. The summed E-state index contributed by atoms with van der Waals surface area (Å²) in [5.74, 6) is -1.02. The van der Waals surface area contributed by atoms with Crippen LogP contribution in [0.4, 0.5) is 18.0 Å². The van der Waals surface area contributed by atoms with Gasteiger partial charge in [-0.2, -0.15) is 13.2 Å². The maximum atomic E-state index is 12.1. The summed E-state index contributed by atoms with van der Waals surface area (Å²) in [6, 6.07) is 4.58. The highest BCUT2D eigenvalue weighted by Gasteiger charge is 2.28. The number of halogens is 3. The molecule has 1 aromatic heterocycles. The minimum atomic E-state index is -4.62. The second-order valence-electron chi connectivity index (χ2n) is 6.04. The lowest BCUT2D eigenvalue weighted by Crippen LogP contribution is -2.44. The van der Waals surface area contributed by atoms with Crippen LogP contribution >= 0.6 is 0 Å². The Kier molecular flexibility index (Phi) is 7.39. The number of esters is 1. The molecule has 0 radical (unpaired) electrons. The van der Waals surface area contributed by atoms with E-state index in [9.17, 15) is 27.6 Å². The Morgan fingerprint density at radius 2 is 1.93 bits per heavy atom. The van der Waals surface area contributed by atoms with E-state index in [1.54, 1.807) is 25.2 Å². The van der Waals surface area contributed by atoms with Crippen LogP contribution < -0.4 is 15.4 Å². The molecule has 2 rings (SSSR count). The van der Waals surface area contributed by atoms with Crippen molar-refractivity contribution in [1.82, 2.24) is 15.8 Å². The van der Waals surface area contributed by atoms with E-state index in [-0.39, 0.29) is 12.2 Å². The quantitative estimate of drug-likeness (QED) is 0.649. The van der Waals surface area contributed by atoms with Gasteiger partial charge in [0.1, 0.15) is 24.7 Å². The molecule has 12 heteroatoms. The van der Waals surface area contributed by atoms with Crippen molar-refractivity contribution in [2.24, 2.45) is 0 Å². The van der Waals surface area contributed by atoms with E-state index in [0.717, 1.165) is 5.56 Å². The summed E-state index contributed by atoms with van der Waals surface area (Å²) in [5.41, 5.74) is 1.51. The van der Waals surface area contributed by atoms with Crippen LogP contribution in [0.15, 0.2) is 28.8 Å². The van der Waals surface area contributed by atoms with Crippen molar-refractivity contribution < 1.29 is 41.6 Å². The Labute approximate surface area is 168 Å². The van der Waals surface area contributed by atoms with Gasteiger partial charge in [0.25, 0.3) is 5.91 Å². The molecule has 1 aromatic carbocycles. The van der Waals surface area contributed by atoms with E-state index in [4.69, 9.17) is 14.0 Å². The third-order valence-electron chi connectivity index (χ3n) is 3.67. The number of imide groups is 1. The molecule has 162 valence electrons. The van der Waals surface area contributed by atoms with E-state index < -0.39 is 37.2 Å². The second kappa shape index (κ2) is 9.76. The lowest BCUT2D eigenvalue weighted by Gasteiger charge is -2.10. The van der Waals surface area contributed by atoms with Crippen LogP contribution in [0.5, 0.6) is 5.75 Å². The molecule has 0 unspecified atom stereocenters. The number of urea groups is 1. The van der Waals surface area contributed by atoms with Crippen LogP contribution in [0.3, 0.4) is 0 Å². The molecule has 2 aromatic rings. The van der Waals surface area contributed by atoms with Gasteiger partial charge >= 0.3 is 18.2 Å². The highest BCUT2D eigenvalue weighted by atomic mass is 19.4. The number of benzene rings is 1. The van der Waals surface area contributed by atoms with E-state index in [1.165, 1.54) is 23.5 Å². The highest BCUT2D eigenvalue weighted by molar-refractivity contribution is 5.97. The number of amides is 3. The van der Waals surface area contributed by atoms with Gasteiger partial charge in [0.05, 0.1) is 16.8 Å². The number of nitrogens with zero attached hydrogens (tertiary/aromatic N) is 1. The average Bonchev–Trinajstić information content (AvgIpc) is 3.00. The number of hydrogen-bond acceptors (Lipinski definition) is 7. The maximum absolute atomic E-state index is 12.1. The summed E-state index contributed by atoms with van der Waals surface area (Å²) < 4.78 is 51.3. The number of aryl methyl sites for hydroxylation is 2. The molecule has 0 fully saturated rings. The zero-order valence-electron chi connectivity index (χ0n) is 16.0. The SMILES string of the molecule is Cc1noc(C)c1COc1cccc(C(=O)OCC(=O)NC(=O)NCC(F)(F)F)c1. The number of ether oxygens (including phenoxy) is 2. The van der Waals surface area contributed by atoms with Crippen molar-refractivity contribution >= 4 is 17.9 Å². The number of alkyl halides is 3. The van der Waals surface area contributed by atoms with Gasteiger partial charge < -0.3 is 19.3 Å². The Morgan fingerprint density at radius 3 is 2.57 bits per heavy atom. The van der Waals surface area contributed by atoms with E-state index in [1.807, 2.05) is 0 Å². The van der Waals surface area contributed by atoms with E-state index in [0.29, 0.717) is 17.2 Å². The molecule has 0 spiro atoms. The molecule has 30 heavy (non-hydrogen) atoms. The first-order valence-electron chi connectivity index (χ1n) is 8.51. The summed E-state index contributed by atoms with van der Waals surface area (Å²) >= 11 is 0. The van der Waals surface area contributed by atoms with E-state index in [2.05, 4.69) is 5.16 Å². The van der Waals surface area contributed by atoms with Crippen LogP contribution in [0.25, 0.3) is 0 Å². The number of rotatable bonds is 7. The first-order valence-corrected chi connectivity index (χ1v) is 8.51. The minimum absolute atomic E-state index is 0.0700. The Morgan fingerprint density at radius 1 is 1.20 bits per heavy atom. The van der Waals surface area contributed by atoms with Gasteiger partial charge in [-0.25, -0.2) is 9.59 Å². The fraction of sp³-hybridized carbons (Fsp3) is 0.333. The molecule has 2 N–H and O–H groups in total. The van der Waals surface area contributed by atoms with Crippen molar-refractivity contribution in [1.29, 1.82) is 0 Å². The number of nitrogens with one attached hydrogen (secondary N) is 2. The Bertz CT molecular complexity index is 907. The number of hydrogen-bond donors (Lipinski definition) is 2. The van der Waals surface area contributed by atoms with Gasteiger partial charge in [-0.15, -0.1) is 0 Å². The molecule has 0 atom stereocenters. The van der Waals surface area contributed by atoms with Crippen molar-refractivity contribution in [2.75, 3.05) is 13.2 Å². The van der Waals surface area contributed by atoms with Gasteiger partial charge in [0, 0.05) is 0 Å². The maximum Gasteiger partial charge on any atom is 0.405 e. The van der Waals surface area contributed by atoms with Gasteiger partial charge in [-0.05, 0) is 32.0 Å². The van der Waals surface area contributed by atoms with Gasteiger partial charge in [-0.3, -0.25) is 10.1 Å². The molecule has 0 aliphatic carbocycles. The highest BCUT2D eigenvalue weighted by Crippen LogP contribution is 2.19. The number of carbonyl (C=O) groups excluding carboxylic acids is 3. The lowest BCUT2D eigenvalue weighted by molar-refractivity contribution is -0.125. The van der Waals surface area contributed by atoms with E-state index >= 15 is 0 Å². The van der Waals surface area contributed by atoms with Crippen LogP contribution in [0.2, 0.25) is 0 Å². The third kappa shape index (κ3) is 7.11. The van der Waals surface area contributed by atoms with Crippen molar-refractivity contribution in [3.8, 4) is 5.75 Å². The third-order valence-corrected chi connectivity index (χ3v) is 3.67. The number of carbonyl (C=O) groups is 3. The topological polar surface area (TPSA) is 120 Å². The predicted molar refractivity (Wildman–Crippen MR) is 94.6 cm³/mol. The minimum Gasteiger partial charge on any atom is -0.489 e. The standard InChI is InChI=1S/C18H18F3N3O6/c1-10-14(11(2)30-24-10)7-28-13-5-3-4-12(6-13)16(26)29-8-15(25)23-17(27)22-9-18(19,20)21/h3-6H,7-9H2,1-2H3,(H2,22,23,25,27). The van der Waals surface area contributed by atoms with Crippen LogP contribution in [-0.2, 0) is 16.1 Å². The fourth-order valence-corrected chi connectivity index (χ4v) is 2.18. The molecular formula is C18H18F3N3O6. The zero-order chi connectivity index (χ0) is 22.3. The molecule has 0 bridgehead atoms. The molecule has 0 saturated carbocycles. The molecule has 0 aliphatic rings. The molecule has 3 amide bonds. The molecule has 0 aliphatic heterocycles. The largest absolute Gasteiger partial charge is 0.489 e. The normalized spacial score (nSPS) is 11.0. The van der Waals surface area contributed by atoms with Crippen molar-refractivity contribution in [3.63, 3.8) is 0 Å². The zero-order valence-corrected chi connectivity index (χ0v) is 16.0. The Hall–Kier alpha value is -3.57. The average molecular weight is 429 g/mol. The fourth-order valence-electron chi connectivity index (χ4n) is 2.18. The smallest absolute Gasteiger partial charge is 0.405 e. The van der Waals surface area contributed by atoms with Crippen LogP contribution in [0.1, 0.15) is 27.4 Å². The summed E-state index contributed by atoms with van der Waals surface area (Å²) in [7, 11) is 0. The molecular weight excluding hydrogens is 411 g/mol. The van der Waals surface area contributed by atoms with Gasteiger partial charge in [0.2, 0.25) is 0 Å². The molecule has 1 heterocycles. The monoisotopic (exact) mass is 429 g/mol. The summed E-state index contributed by atoms with van der Waals surface area (Å²) in [6.45, 7) is 1.20. The lowest BCUT2D eigenvalue weighted by atomic mass is 10.2.